The lowest BCUT2D eigenvalue weighted by Gasteiger charge is -2.19. The van der Waals surface area contributed by atoms with Crippen molar-refractivity contribution in [1.29, 1.82) is 0 Å². The molecule has 0 unspecified atom stereocenters. The number of nitrogens with two attached hydrogens (primary N) is 1. The minimum Gasteiger partial charge on any atom is -0.394 e. The Morgan fingerprint density at radius 3 is 2.79 bits per heavy atom. The molecule has 14 heavy (non-hydrogen) atoms. The topological polar surface area (TPSA) is 84.1 Å². The zero-order valence-corrected chi connectivity index (χ0v) is 8.44. The van der Waals surface area contributed by atoms with E-state index < -0.39 is 0 Å². The number of nitrogens with zero attached hydrogens (tertiary/aromatic N) is 2. The van der Waals surface area contributed by atoms with Gasteiger partial charge in [0.2, 0.25) is 5.95 Å². The Bertz CT molecular complexity index is 290. The highest BCUT2D eigenvalue weighted by Crippen LogP contribution is 2.08. The molecular weight excluding hydrogens is 180 g/mol. The predicted molar refractivity (Wildman–Crippen MR) is 55.8 cm³/mol. The number of nitrogen functional groups attached to an aromatic ring is 1. The highest BCUT2D eigenvalue weighted by molar-refractivity contribution is 5.35. The van der Waals surface area contributed by atoms with Gasteiger partial charge < -0.3 is 16.2 Å². The third-order valence-electron chi connectivity index (χ3n) is 1.99. The summed E-state index contributed by atoms with van der Waals surface area (Å²) in [6, 6.07) is 1.57. The van der Waals surface area contributed by atoms with E-state index in [9.17, 15) is 0 Å². The summed E-state index contributed by atoms with van der Waals surface area (Å²) < 4.78 is 0. The number of rotatable bonds is 4. The summed E-state index contributed by atoms with van der Waals surface area (Å²) in [5.41, 5.74) is 5.50. The molecule has 0 fully saturated rings. The molecule has 1 aromatic heterocycles. The van der Waals surface area contributed by atoms with Crippen molar-refractivity contribution in [2.45, 2.75) is 19.9 Å². The van der Waals surface area contributed by atoms with Crippen LogP contribution in [-0.4, -0.2) is 27.7 Å². The predicted octanol–water partition coefficient (Wildman–Crippen LogP) is 0.488. The van der Waals surface area contributed by atoms with Crippen LogP contribution in [0.15, 0.2) is 12.3 Å². The van der Waals surface area contributed by atoms with Crippen LogP contribution in [0.1, 0.15) is 13.8 Å². The van der Waals surface area contributed by atoms with E-state index in [4.69, 9.17) is 10.8 Å². The molecule has 0 aliphatic rings. The van der Waals surface area contributed by atoms with Gasteiger partial charge in [0.25, 0.3) is 0 Å². The molecule has 0 radical (unpaired) electrons. The Morgan fingerprint density at radius 1 is 1.57 bits per heavy atom. The van der Waals surface area contributed by atoms with Gasteiger partial charge in [-0.2, -0.15) is 4.98 Å². The first-order valence-corrected chi connectivity index (χ1v) is 4.59. The second kappa shape index (κ2) is 4.76. The van der Waals surface area contributed by atoms with E-state index in [-0.39, 0.29) is 12.6 Å². The fourth-order valence-electron chi connectivity index (χ4n) is 1.03. The van der Waals surface area contributed by atoms with Crippen molar-refractivity contribution in [2.75, 3.05) is 17.7 Å². The van der Waals surface area contributed by atoms with Crippen molar-refractivity contribution in [2.24, 2.45) is 5.92 Å². The molecule has 78 valence electrons. The summed E-state index contributed by atoms with van der Waals surface area (Å²) in [6.45, 7) is 4.08. The van der Waals surface area contributed by atoms with Crippen LogP contribution in [0.3, 0.4) is 0 Å². The summed E-state index contributed by atoms with van der Waals surface area (Å²) >= 11 is 0. The first-order chi connectivity index (χ1) is 6.63. The van der Waals surface area contributed by atoms with Gasteiger partial charge in [-0.05, 0) is 12.0 Å². The molecule has 0 saturated carbocycles. The van der Waals surface area contributed by atoms with Crippen LogP contribution in [0.5, 0.6) is 0 Å². The van der Waals surface area contributed by atoms with Crippen molar-refractivity contribution >= 4 is 11.8 Å². The maximum absolute atomic E-state index is 9.08. The molecule has 0 aliphatic heterocycles. The van der Waals surface area contributed by atoms with Crippen molar-refractivity contribution in [1.82, 2.24) is 9.97 Å². The average molecular weight is 196 g/mol. The largest absolute Gasteiger partial charge is 0.394 e. The maximum Gasteiger partial charge on any atom is 0.224 e. The van der Waals surface area contributed by atoms with Crippen LogP contribution in [-0.2, 0) is 0 Å². The number of hydrogen-bond acceptors (Lipinski definition) is 5. The number of aliphatic hydroxyl groups excluding tert-OH is 1. The molecule has 4 N–H and O–H groups in total. The molecule has 0 spiro atoms. The van der Waals surface area contributed by atoms with E-state index in [1.54, 1.807) is 12.3 Å². The van der Waals surface area contributed by atoms with Crippen LogP contribution < -0.4 is 11.1 Å². The molecule has 0 aromatic carbocycles. The van der Waals surface area contributed by atoms with Gasteiger partial charge in [0, 0.05) is 6.20 Å². The molecule has 0 bridgehead atoms. The van der Waals surface area contributed by atoms with Crippen LogP contribution in [0.2, 0.25) is 0 Å². The second-order valence-electron chi connectivity index (χ2n) is 3.48. The number of hydrogen-bond donors (Lipinski definition) is 3. The molecule has 5 heteroatoms. The Labute approximate surface area is 83.4 Å². The molecule has 0 saturated heterocycles. The molecule has 1 heterocycles. The van der Waals surface area contributed by atoms with E-state index in [1.165, 1.54) is 0 Å². The summed E-state index contributed by atoms with van der Waals surface area (Å²) in [4.78, 5) is 7.98. The van der Waals surface area contributed by atoms with E-state index in [1.807, 2.05) is 13.8 Å². The summed E-state index contributed by atoms with van der Waals surface area (Å²) in [6.07, 6.45) is 1.58. The molecule has 1 rings (SSSR count). The SMILES string of the molecule is CC(C)[C@@H](CO)Nc1nccc(N)n1. The van der Waals surface area contributed by atoms with Gasteiger partial charge >= 0.3 is 0 Å². The van der Waals surface area contributed by atoms with Gasteiger partial charge in [0.1, 0.15) is 5.82 Å². The minimum absolute atomic E-state index is 0.0446. The Morgan fingerprint density at radius 2 is 2.29 bits per heavy atom. The number of nitrogens with one attached hydrogen (secondary N) is 1. The normalized spacial score (nSPS) is 12.9. The van der Waals surface area contributed by atoms with Gasteiger partial charge in [-0.3, -0.25) is 0 Å². The number of aliphatic hydroxyl groups is 1. The van der Waals surface area contributed by atoms with Crippen LogP contribution >= 0.6 is 0 Å². The van der Waals surface area contributed by atoms with Crippen molar-refractivity contribution in [3.05, 3.63) is 12.3 Å². The van der Waals surface area contributed by atoms with Gasteiger partial charge in [-0.15, -0.1) is 0 Å². The molecule has 5 nitrogen and oxygen atoms in total. The molecular formula is C9H16N4O. The first kappa shape index (κ1) is 10.7. The smallest absolute Gasteiger partial charge is 0.224 e. The van der Waals surface area contributed by atoms with Gasteiger partial charge in [0.15, 0.2) is 0 Å². The van der Waals surface area contributed by atoms with Crippen LogP contribution in [0.25, 0.3) is 0 Å². The Kier molecular flexibility index (Phi) is 3.64. The number of aromatic nitrogens is 2. The van der Waals surface area contributed by atoms with E-state index in [0.29, 0.717) is 17.7 Å². The average Bonchev–Trinajstić information content (AvgIpc) is 2.14. The van der Waals surface area contributed by atoms with Crippen LogP contribution in [0, 0.1) is 5.92 Å². The van der Waals surface area contributed by atoms with Crippen molar-refractivity contribution < 1.29 is 5.11 Å². The molecule has 1 atom stereocenters. The summed E-state index contributed by atoms with van der Waals surface area (Å²) in [5.74, 6) is 1.19. The summed E-state index contributed by atoms with van der Waals surface area (Å²) in [7, 11) is 0. The lowest BCUT2D eigenvalue weighted by Crippen LogP contribution is -2.30. The third kappa shape index (κ3) is 2.85. The molecule has 1 aromatic rings. The van der Waals surface area contributed by atoms with E-state index in [0.717, 1.165) is 0 Å². The fourth-order valence-corrected chi connectivity index (χ4v) is 1.03. The van der Waals surface area contributed by atoms with E-state index >= 15 is 0 Å². The monoisotopic (exact) mass is 196 g/mol. The molecule has 0 amide bonds. The zero-order valence-electron chi connectivity index (χ0n) is 8.44. The Hall–Kier alpha value is -1.36. The zero-order chi connectivity index (χ0) is 10.6. The summed E-state index contributed by atoms with van der Waals surface area (Å²) in [5, 5.41) is 12.1. The number of anilines is 2. The van der Waals surface area contributed by atoms with Crippen molar-refractivity contribution in [3.8, 4) is 0 Å². The second-order valence-corrected chi connectivity index (χ2v) is 3.48. The van der Waals surface area contributed by atoms with Gasteiger partial charge in [-0.1, -0.05) is 13.8 Å². The van der Waals surface area contributed by atoms with Crippen molar-refractivity contribution in [3.63, 3.8) is 0 Å². The first-order valence-electron chi connectivity index (χ1n) is 4.59. The highest BCUT2D eigenvalue weighted by Gasteiger charge is 2.12. The molecule has 0 aliphatic carbocycles. The highest BCUT2D eigenvalue weighted by atomic mass is 16.3. The standard InChI is InChI=1S/C9H16N4O/c1-6(2)7(5-14)12-9-11-4-3-8(10)13-9/h3-4,6-7,14H,5H2,1-2H3,(H3,10,11,12,13)/t7-/m1/s1. The quantitative estimate of drug-likeness (QED) is 0.652. The minimum atomic E-state index is -0.0446. The maximum atomic E-state index is 9.08. The Balaban J connectivity index is 2.67. The van der Waals surface area contributed by atoms with Gasteiger partial charge in [0.05, 0.1) is 12.6 Å². The lowest BCUT2D eigenvalue weighted by molar-refractivity contribution is 0.248. The van der Waals surface area contributed by atoms with Crippen LogP contribution in [0.4, 0.5) is 11.8 Å². The lowest BCUT2D eigenvalue weighted by atomic mass is 10.1. The fraction of sp³-hybridized carbons (Fsp3) is 0.556. The third-order valence-corrected chi connectivity index (χ3v) is 1.99. The van der Waals surface area contributed by atoms with E-state index in [2.05, 4.69) is 15.3 Å². The van der Waals surface area contributed by atoms with Gasteiger partial charge in [-0.25, -0.2) is 4.98 Å².